The van der Waals surface area contributed by atoms with Gasteiger partial charge in [0.25, 0.3) is 0 Å². The normalized spacial score (nSPS) is 17.2. The topological polar surface area (TPSA) is 16.1 Å². The molecule has 1 aromatic rings. The number of pyridine rings is 1. The Morgan fingerprint density at radius 2 is 2.07 bits per heavy atom. The Labute approximate surface area is 96.3 Å². The number of nitrogens with zero attached hydrogens (tertiary/aromatic N) is 2. The number of hydrogen-bond acceptors (Lipinski definition) is 2. The summed E-state index contributed by atoms with van der Waals surface area (Å²) in [5, 5.41) is 0.608. The number of likely N-dealkylation sites (tertiary alicyclic amines) is 1. The van der Waals surface area contributed by atoms with E-state index in [4.69, 9.17) is 11.6 Å². The van der Waals surface area contributed by atoms with Crippen LogP contribution in [0.25, 0.3) is 0 Å². The van der Waals surface area contributed by atoms with Crippen LogP contribution in [0.5, 0.6) is 0 Å². The van der Waals surface area contributed by atoms with E-state index in [1.54, 1.807) is 0 Å². The van der Waals surface area contributed by atoms with Gasteiger partial charge in [-0.2, -0.15) is 0 Å². The van der Waals surface area contributed by atoms with Gasteiger partial charge in [-0.1, -0.05) is 17.7 Å². The maximum absolute atomic E-state index is 5.89. The molecule has 0 radical (unpaired) electrons. The lowest BCUT2D eigenvalue weighted by Crippen LogP contribution is -2.22. The van der Waals surface area contributed by atoms with Crippen molar-refractivity contribution in [3.05, 3.63) is 28.5 Å². The number of aromatic nitrogens is 1. The molecule has 1 aliphatic rings. The molecule has 3 heteroatoms. The van der Waals surface area contributed by atoms with Gasteiger partial charge < -0.3 is 4.90 Å². The predicted octanol–water partition coefficient (Wildman–Crippen LogP) is 2.68. The summed E-state index contributed by atoms with van der Waals surface area (Å²) in [5.41, 5.74) is 2.40. The van der Waals surface area contributed by atoms with Crippen LogP contribution >= 0.6 is 11.6 Å². The second kappa shape index (κ2) is 4.95. The lowest BCUT2D eigenvalue weighted by atomic mass is 10.1. The van der Waals surface area contributed by atoms with Crippen molar-refractivity contribution < 1.29 is 0 Å². The van der Waals surface area contributed by atoms with Crippen molar-refractivity contribution in [1.29, 1.82) is 0 Å². The van der Waals surface area contributed by atoms with Gasteiger partial charge in [0.15, 0.2) is 0 Å². The first-order valence-electron chi connectivity index (χ1n) is 5.60. The molecule has 0 aliphatic carbocycles. The van der Waals surface area contributed by atoms with E-state index in [1.165, 1.54) is 31.5 Å². The van der Waals surface area contributed by atoms with Crippen molar-refractivity contribution in [1.82, 2.24) is 9.88 Å². The Morgan fingerprint density at radius 3 is 2.80 bits per heavy atom. The Morgan fingerprint density at radius 1 is 1.33 bits per heavy atom. The zero-order valence-corrected chi connectivity index (χ0v) is 9.93. The van der Waals surface area contributed by atoms with Gasteiger partial charge >= 0.3 is 0 Å². The summed E-state index contributed by atoms with van der Waals surface area (Å²) >= 11 is 5.89. The maximum atomic E-state index is 5.89. The van der Waals surface area contributed by atoms with Crippen molar-refractivity contribution in [2.75, 3.05) is 19.6 Å². The average Bonchev–Trinajstić information content (AvgIpc) is 2.72. The fraction of sp³-hybridized carbons (Fsp3) is 0.583. The van der Waals surface area contributed by atoms with Crippen molar-refractivity contribution in [2.24, 2.45) is 0 Å². The molecule has 1 saturated heterocycles. The molecule has 1 fully saturated rings. The van der Waals surface area contributed by atoms with E-state index in [0.717, 1.165) is 18.7 Å². The smallest absolute Gasteiger partial charge is 0.129 e. The molecule has 2 heterocycles. The Bertz CT molecular complexity index is 332. The minimum Gasteiger partial charge on any atom is -0.303 e. The summed E-state index contributed by atoms with van der Waals surface area (Å²) in [6, 6.07) is 3.91. The van der Waals surface area contributed by atoms with Crippen LogP contribution in [0.3, 0.4) is 0 Å². The minimum atomic E-state index is 0.608. The zero-order chi connectivity index (χ0) is 10.7. The summed E-state index contributed by atoms with van der Waals surface area (Å²) in [6.45, 7) is 5.72. The summed E-state index contributed by atoms with van der Waals surface area (Å²) in [6.07, 6.45) is 3.72. The van der Waals surface area contributed by atoms with E-state index in [1.807, 2.05) is 6.07 Å². The van der Waals surface area contributed by atoms with Crippen LogP contribution in [0.2, 0.25) is 5.15 Å². The fourth-order valence-electron chi connectivity index (χ4n) is 2.07. The highest BCUT2D eigenvalue weighted by atomic mass is 35.5. The van der Waals surface area contributed by atoms with Gasteiger partial charge in [-0.3, -0.25) is 0 Å². The molecule has 2 nitrogen and oxygen atoms in total. The maximum Gasteiger partial charge on any atom is 0.129 e. The number of rotatable bonds is 3. The molecule has 15 heavy (non-hydrogen) atoms. The molecule has 0 aromatic carbocycles. The quantitative estimate of drug-likeness (QED) is 0.734. The molecule has 0 atom stereocenters. The van der Waals surface area contributed by atoms with Gasteiger partial charge in [-0.15, -0.1) is 0 Å². The van der Waals surface area contributed by atoms with Crippen LogP contribution in [0.15, 0.2) is 12.1 Å². The first-order valence-corrected chi connectivity index (χ1v) is 5.98. The van der Waals surface area contributed by atoms with Gasteiger partial charge in [0, 0.05) is 18.7 Å². The first kappa shape index (κ1) is 10.9. The SMILES string of the molecule is Cc1ccc(Cl)nc1CCN1CCCC1. The Kier molecular flexibility index (Phi) is 3.60. The highest BCUT2D eigenvalue weighted by molar-refractivity contribution is 6.29. The lowest BCUT2D eigenvalue weighted by Gasteiger charge is -2.14. The molecule has 0 N–H and O–H groups in total. The highest BCUT2D eigenvalue weighted by Crippen LogP contribution is 2.13. The van der Waals surface area contributed by atoms with E-state index in [-0.39, 0.29) is 0 Å². The molecule has 1 aromatic heterocycles. The van der Waals surface area contributed by atoms with Crippen LogP contribution in [0.1, 0.15) is 24.1 Å². The summed E-state index contributed by atoms with van der Waals surface area (Å²) in [5.74, 6) is 0. The third-order valence-corrected chi connectivity index (χ3v) is 3.24. The van der Waals surface area contributed by atoms with Crippen molar-refractivity contribution in [3.8, 4) is 0 Å². The van der Waals surface area contributed by atoms with Crippen LogP contribution in [-0.4, -0.2) is 29.5 Å². The molecular formula is C12H17ClN2. The Balaban J connectivity index is 1.94. The highest BCUT2D eigenvalue weighted by Gasteiger charge is 2.11. The van der Waals surface area contributed by atoms with E-state index in [2.05, 4.69) is 22.9 Å². The third-order valence-electron chi connectivity index (χ3n) is 3.03. The van der Waals surface area contributed by atoms with E-state index in [9.17, 15) is 0 Å². The largest absolute Gasteiger partial charge is 0.303 e. The van der Waals surface area contributed by atoms with Crippen molar-refractivity contribution in [2.45, 2.75) is 26.2 Å². The van der Waals surface area contributed by atoms with Crippen LogP contribution in [0, 0.1) is 6.92 Å². The second-order valence-electron chi connectivity index (χ2n) is 4.20. The molecule has 82 valence electrons. The van der Waals surface area contributed by atoms with Gasteiger partial charge in [-0.25, -0.2) is 4.98 Å². The predicted molar refractivity (Wildman–Crippen MR) is 63.4 cm³/mol. The van der Waals surface area contributed by atoms with Gasteiger partial charge in [-0.05, 0) is 44.5 Å². The minimum absolute atomic E-state index is 0.608. The fourth-order valence-corrected chi connectivity index (χ4v) is 2.23. The molecule has 1 aliphatic heterocycles. The standard InChI is InChI=1S/C12H17ClN2/c1-10-4-5-12(13)14-11(10)6-9-15-7-2-3-8-15/h4-5H,2-3,6-9H2,1H3. The average molecular weight is 225 g/mol. The molecule has 0 unspecified atom stereocenters. The van der Waals surface area contributed by atoms with Gasteiger partial charge in [0.05, 0.1) is 0 Å². The van der Waals surface area contributed by atoms with E-state index < -0.39 is 0 Å². The van der Waals surface area contributed by atoms with E-state index in [0.29, 0.717) is 5.15 Å². The first-order chi connectivity index (χ1) is 7.25. The molecule has 0 spiro atoms. The molecule has 0 bridgehead atoms. The molecule has 0 saturated carbocycles. The van der Waals surface area contributed by atoms with Crippen LogP contribution in [-0.2, 0) is 6.42 Å². The van der Waals surface area contributed by atoms with E-state index >= 15 is 0 Å². The van der Waals surface area contributed by atoms with Crippen LogP contribution in [0.4, 0.5) is 0 Å². The number of halogens is 1. The summed E-state index contributed by atoms with van der Waals surface area (Å²) < 4.78 is 0. The van der Waals surface area contributed by atoms with Crippen LogP contribution < -0.4 is 0 Å². The monoisotopic (exact) mass is 224 g/mol. The van der Waals surface area contributed by atoms with Crippen molar-refractivity contribution >= 4 is 11.6 Å². The number of hydrogen-bond donors (Lipinski definition) is 0. The zero-order valence-electron chi connectivity index (χ0n) is 9.17. The van der Waals surface area contributed by atoms with Gasteiger partial charge in [0.1, 0.15) is 5.15 Å². The molecular weight excluding hydrogens is 208 g/mol. The Hall–Kier alpha value is -0.600. The van der Waals surface area contributed by atoms with Crippen molar-refractivity contribution in [3.63, 3.8) is 0 Å². The molecule has 2 rings (SSSR count). The molecule has 0 amide bonds. The van der Waals surface area contributed by atoms with Gasteiger partial charge in [0.2, 0.25) is 0 Å². The second-order valence-corrected chi connectivity index (χ2v) is 4.58. The summed E-state index contributed by atoms with van der Waals surface area (Å²) in [7, 11) is 0. The summed E-state index contributed by atoms with van der Waals surface area (Å²) in [4.78, 5) is 6.87. The third kappa shape index (κ3) is 2.93. The lowest BCUT2D eigenvalue weighted by molar-refractivity contribution is 0.342. The number of aryl methyl sites for hydroxylation is 1.